The Morgan fingerprint density at radius 3 is 2.69 bits per heavy atom. The normalized spacial score (nSPS) is 16.4. The summed E-state index contributed by atoms with van der Waals surface area (Å²) in [7, 11) is 0. The van der Waals surface area contributed by atoms with Crippen molar-refractivity contribution >= 4 is 17.5 Å². The Kier molecular flexibility index (Phi) is 6.40. The van der Waals surface area contributed by atoms with E-state index in [9.17, 15) is 9.59 Å². The van der Waals surface area contributed by atoms with Crippen LogP contribution in [-0.4, -0.2) is 37.6 Å². The van der Waals surface area contributed by atoms with Crippen LogP contribution in [0.15, 0.2) is 47.1 Å². The predicted molar refractivity (Wildman–Crippen MR) is 96.8 cm³/mol. The molecule has 7 nitrogen and oxygen atoms in total. The van der Waals surface area contributed by atoms with Gasteiger partial charge in [-0.1, -0.05) is 0 Å². The average Bonchev–Trinajstić information content (AvgIpc) is 3.34. The Morgan fingerprint density at radius 2 is 2.00 bits per heavy atom. The number of furan rings is 1. The molecule has 26 heavy (non-hydrogen) atoms. The molecule has 1 aliphatic heterocycles. The van der Waals surface area contributed by atoms with Gasteiger partial charge in [0, 0.05) is 24.4 Å². The van der Waals surface area contributed by atoms with Crippen LogP contribution in [0, 0.1) is 0 Å². The van der Waals surface area contributed by atoms with Crippen molar-refractivity contribution in [3.63, 3.8) is 0 Å². The fourth-order valence-corrected chi connectivity index (χ4v) is 2.74. The zero-order chi connectivity index (χ0) is 18.2. The lowest BCUT2D eigenvalue weighted by Gasteiger charge is -2.11. The molecule has 7 heteroatoms. The van der Waals surface area contributed by atoms with E-state index in [4.69, 9.17) is 9.15 Å². The molecule has 0 spiro atoms. The zero-order valence-corrected chi connectivity index (χ0v) is 14.5. The molecule has 0 saturated carbocycles. The molecule has 3 rings (SSSR count). The summed E-state index contributed by atoms with van der Waals surface area (Å²) in [6, 6.07) is 10.5. The highest BCUT2D eigenvalue weighted by Crippen LogP contribution is 2.12. The molecule has 0 radical (unpaired) electrons. The lowest BCUT2D eigenvalue weighted by molar-refractivity contribution is -0.115. The highest BCUT2D eigenvalue weighted by Gasteiger charge is 2.16. The van der Waals surface area contributed by atoms with Crippen molar-refractivity contribution in [1.82, 2.24) is 10.6 Å². The number of ether oxygens (including phenoxy) is 1. The van der Waals surface area contributed by atoms with E-state index < -0.39 is 0 Å². The van der Waals surface area contributed by atoms with Gasteiger partial charge < -0.3 is 25.1 Å². The number of nitrogens with one attached hydrogen (secondary N) is 3. The lowest BCUT2D eigenvalue weighted by Crippen LogP contribution is -2.31. The van der Waals surface area contributed by atoms with E-state index in [1.807, 2.05) is 6.07 Å². The second-order valence-corrected chi connectivity index (χ2v) is 6.15. The highest BCUT2D eigenvalue weighted by atomic mass is 16.5. The number of hydrogen-bond donors (Lipinski definition) is 3. The molecular formula is C19H23N3O4. The Morgan fingerprint density at radius 1 is 1.15 bits per heavy atom. The molecule has 0 aliphatic carbocycles. The SMILES string of the molecule is O=C(CNCc1ccco1)Nc1ccc(C(=O)NCC2CCCO2)cc1. The number of amides is 2. The third kappa shape index (κ3) is 5.44. The number of rotatable bonds is 8. The largest absolute Gasteiger partial charge is 0.468 e. The van der Waals surface area contributed by atoms with Gasteiger partial charge in [0.15, 0.2) is 0 Å². The van der Waals surface area contributed by atoms with Crippen LogP contribution in [0.4, 0.5) is 5.69 Å². The molecule has 1 saturated heterocycles. The van der Waals surface area contributed by atoms with Crippen LogP contribution in [0.25, 0.3) is 0 Å². The molecule has 1 fully saturated rings. The van der Waals surface area contributed by atoms with E-state index >= 15 is 0 Å². The smallest absolute Gasteiger partial charge is 0.251 e. The minimum Gasteiger partial charge on any atom is -0.468 e. The maximum absolute atomic E-state index is 12.1. The van der Waals surface area contributed by atoms with Crippen molar-refractivity contribution in [3.05, 3.63) is 54.0 Å². The summed E-state index contributed by atoms with van der Waals surface area (Å²) in [5, 5.41) is 8.65. The van der Waals surface area contributed by atoms with E-state index in [0.29, 0.717) is 24.3 Å². The number of carbonyl (C=O) groups excluding carboxylic acids is 2. The Bertz CT molecular complexity index is 707. The first kappa shape index (κ1) is 18.2. The first-order chi connectivity index (χ1) is 12.7. The molecule has 138 valence electrons. The summed E-state index contributed by atoms with van der Waals surface area (Å²) < 4.78 is 10.7. The van der Waals surface area contributed by atoms with Gasteiger partial charge in [0.25, 0.3) is 5.91 Å². The van der Waals surface area contributed by atoms with Crippen molar-refractivity contribution in [1.29, 1.82) is 0 Å². The molecule has 0 bridgehead atoms. The van der Waals surface area contributed by atoms with Crippen LogP contribution >= 0.6 is 0 Å². The first-order valence-electron chi connectivity index (χ1n) is 8.73. The van der Waals surface area contributed by atoms with Crippen LogP contribution in [0.1, 0.15) is 29.0 Å². The van der Waals surface area contributed by atoms with Crippen molar-refractivity contribution in [2.75, 3.05) is 25.0 Å². The number of hydrogen-bond acceptors (Lipinski definition) is 5. The monoisotopic (exact) mass is 357 g/mol. The van der Waals surface area contributed by atoms with Gasteiger partial charge >= 0.3 is 0 Å². The predicted octanol–water partition coefficient (Wildman–Crippen LogP) is 1.92. The van der Waals surface area contributed by atoms with Gasteiger partial charge in [0.1, 0.15) is 5.76 Å². The van der Waals surface area contributed by atoms with Crippen LogP contribution in [0.2, 0.25) is 0 Å². The van der Waals surface area contributed by atoms with Crippen molar-refractivity contribution in [2.45, 2.75) is 25.5 Å². The maximum atomic E-state index is 12.1. The number of carbonyl (C=O) groups is 2. The van der Waals surface area contributed by atoms with E-state index in [0.717, 1.165) is 25.2 Å². The van der Waals surface area contributed by atoms with E-state index in [2.05, 4.69) is 16.0 Å². The minimum absolute atomic E-state index is 0.117. The van der Waals surface area contributed by atoms with Crippen molar-refractivity contribution < 1.29 is 18.7 Å². The molecule has 2 amide bonds. The van der Waals surface area contributed by atoms with Gasteiger partial charge in [-0.05, 0) is 49.2 Å². The molecule has 3 N–H and O–H groups in total. The summed E-state index contributed by atoms with van der Waals surface area (Å²) in [6.45, 7) is 1.96. The first-order valence-corrected chi connectivity index (χ1v) is 8.73. The number of benzene rings is 1. The summed E-state index contributed by atoms with van der Waals surface area (Å²) in [4.78, 5) is 24.0. The summed E-state index contributed by atoms with van der Waals surface area (Å²) in [5.41, 5.74) is 1.20. The van der Waals surface area contributed by atoms with E-state index in [1.54, 1.807) is 36.6 Å². The summed E-state index contributed by atoms with van der Waals surface area (Å²) in [5.74, 6) is 0.474. The molecular weight excluding hydrogens is 334 g/mol. The Labute approximate surface area is 152 Å². The van der Waals surface area contributed by atoms with Gasteiger partial charge in [-0.3, -0.25) is 9.59 Å². The minimum atomic E-state index is -0.160. The van der Waals surface area contributed by atoms with Gasteiger partial charge in [-0.15, -0.1) is 0 Å². The Balaban J connectivity index is 1.40. The van der Waals surface area contributed by atoms with Gasteiger partial charge in [0.05, 0.1) is 25.5 Å². The number of anilines is 1. The molecule has 1 aromatic heterocycles. The fourth-order valence-electron chi connectivity index (χ4n) is 2.74. The van der Waals surface area contributed by atoms with Gasteiger partial charge in [0.2, 0.25) is 5.91 Å². The second-order valence-electron chi connectivity index (χ2n) is 6.15. The fraction of sp³-hybridized carbons (Fsp3) is 0.368. The van der Waals surface area contributed by atoms with Crippen molar-refractivity contribution in [2.24, 2.45) is 0 Å². The van der Waals surface area contributed by atoms with Gasteiger partial charge in [-0.25, -0.2) is 0 Å². The quantitative estimate of drug-likeness (QED) is 0.671. The zero-order valence-electron chi connectivity index (χ0n) is 14.5. The molecule has 1 aliphatic rings. The molecule has 1 unspecified atom stereocenters. The summed E-state index contributed by atoms with van der Waals surface area (Å²) >= 11 is 0. The third-order valence-corrected chi connectivity index (χ3v) is 4.11. The molecule has 1 atom stereocenters. The summed E-state index contributed by atoms with van der Waals surface area (Å²) in [6.07, 6.45) is 3.74. The third-order valence-electron chi connectivity index (χ3n) is 4.11. The van der Waals surface area contributed by atoms with E-state index in [1.165, 1.54) is 0 Å². The van der Waals surface area contributed by atoms with Crippen LogP contribution in [0.5, 0.6) is 0 Å². The van der Waals surface area contributed by atoms with Crippen molar-refractivity contribution in [3.8, 4) is 0 Å². The van der Waals surface area contributed by atoms with Crippen LogP contribution < -0.4 is 16.0 Å². The highest BCUT2D eigenvalue weighted by molar-refractivity contribution is 5.96. The van der Waals surface area contributed by atoms with Crippen LogP contribution in [0.3, 0.4) is 0 Å². The van der Waals surface area contributed by atoms with E-state index in [-0.39, 0.29) is 24.5 Å². The maximum Gasteiger partial charge on any atom is 0.251 e. The van der Waals surface area contributed by atoms with Crippen LogP contribution in [-0.2, 0) is 16.1 Å². The van der Waals surface area contributed by atoms with Gasteiger partial charge in [-0.2, -0.15) is 0 Å². The molecule has 1 aromatic carbocycles. The second kappa shape index (κ2) is 9.17. The molecule has 2 aromatic rings. The lowest BCUT2D eigenvalue weighted by atomic mass is 10.2. The topological polar surface area (TPSA) is 92.6 Å². The standard InChI is InChI=1S/C19H23N3O4/c23-18(13-20-11-16-3-1-9-25-16)22-15-7-5-14(6-8-15)19(24)21-12-17-4-2-10-26-17/h1,3,5-9,17,20H,2,4,10-13H2,(H,21,24)(H,22,23). The average molecular weight is 357 g/mol. The molecule has 2 heterocycles. The Hall–Kier alpha value is -2.64.